The van der Waals surface area contributed by atoms with Crippen LogP contribution in [0.3, 0.4) is 0 Å². The topological polar surface area (TPSA) is 90.0 Å². The molecule has 0 amide bonds. The molecule has 0 saturated heterocycles. The number of ketones is 1. The number of anilines is 1. The van der Waals surface area contributed by atoms with Gasteiger partial charge in [0.1, 0.15) is 5.75 Å². The molecule has 3 aromatic rings. The summed E-state index contributed by atoms with van der Waals surface area (Å²) >= 11 is 0. The van der Waals surface area contributed by atoms with Crippen LogP contribution in [0.2, 0.25) is 0 Å². The number of hydrogen-bond donors (Lipinski definition) is 1. The molecule has 0 unspecified atom stereocenters. The summed E-state index contributed by atoms with van der Waals surface area (Å²) in [6.45, 7) is 10.3. The minimum atomic E-state index is -0.0706. The first-order valence-electron chi connectivity index (χ1n) is 12.1. The van der Waals surface area contributed by atoms with Crippen molar-refractivity contribution in [2.75, 3.05) is 18.0 Å². The molecule has 0 aliphatic heterocycles. The SMILES string of the molecule is CCCCC(=O)c1ccc(/N=N/c2ccc(/N=N/c3ccc(N(CC)CC)cc3C)cc2)cc1O. The van der Waals surface area contributed by atoms with Crippen LogP contribution in [0.15, 0.2) is 81.1 Å². The van der Waals surface area contributed by atoms with Gasteiger partial charge < -0.3 is 10.0 Å². The molecule has 7 nitrogen and oxygen atoms in total. The highest BCUT2D eigenvalue weighted by molar-refractivity contribution is 5.98. The highest BCUT2D eigenvalue weighted by Crippen LogP contribution is 2.29. The number of benzene rings is 3. The maximum Gasteiger partial charge on any atom is 0.166 e. The molecule has 182 valence electrons. The number of phenols is 1. The second kappa shape index (κ2) is 12.6. The van der Waals surface area contributed by atoms with Crippen LogP contribution in [0.1, 0.15) is 56.0 Å². The fraction of sp³-hybridized carbons (Fsp3) is 0.321. The third kappa shape index (κ3) is 7.06. The van der Waals surface area contributed by atoms with E-state index in [9.17, 15) is 9.90 Å². The molecule has 0 heterocycles. The molecule has 1 N–H and O–H groups in total. The predicted molar refractivity (Wildman–Crippen MR) is 141 cm³/mol. The number of phenolic OH excluding ortho intramolecular Hbond substituents is 1. The first-order chi connectivity index (χ1) is 16.9. The fourth-order valence-corrected chi connectivity index (χ4v) is 3.64. The fourth-order valence-electron chi connectivity index (χ4n) is 3.64. The van der Waals surface area contributed by atoms with E-state index in [1.54, 1.807) is 24.3 Å². The summed E-state index contributed by atoms with van der Waals surface area (Å²) in [7, 11) is 0. The van der Waals surface area contributed by atoms with E-state index in [0.29, 0.717) is 29.0 Å². The van der Waals surface area contributed by atoms with Gasteiger partial charge in [0.2, 0.25) is 0 Å². The first kappa shape index (κ1) is 25.7. The summed E-state index contributed by atoms with van der Waals surface area (Å²) in [5.41, 5.74) is 5.25. The summed E-state index contributed by atoms with van der Waals surface area (Å²) in [4.78, 5) is 14.4. The molecule has 0 aromatic heterocycles. The van der Waals surface area contributed by atoms with Crippen LogP contribution in [0.5, 0.6) is 5.75 Å². The van der Waals surface area contributed by atoms with Gasteiger partial charge in [-0.25, -0.2) is 0 Å². The average molecular weight is 472 g/mol. The maximum absolute atomic E-state index is 12.1. The van der Waals surface area contributed by atoms with E-state index in [2.05, 4.69) is 51.3 Å². The van der Waals surface area contributed by atoms with E-state index in [0.717, 1.165) is 37.2 Å². The van der Waals surface area contributed by atoms with Crippen LogP contribution in [-0.4, -0.2) is 24.0 Å². The second-order valence-corrected chi connectivity index (χ2v) is 8.29. The average Bonchev–Trinajstić information content (AvgIpc) is 2.87. The van der Waals surface area contributed by atoms with E-state index in [4.69, 9.17) is 0 Å². The number of aryl methyl sites for hydroxylation is 1. The van der Waals surface area contributed by atoms with E-state index < -0.39 is 0 Å². The number of azo groups is 2. The van der Waals surface area contributed by atoms with Gasteiger partial charge in [-0.05, 0) is 87.4 Å². The Morgan fingerprint density at radius 2 is 1.40 bits per heavy atom. The predicted octanol–water partition coefficient (Wildman–Crippen LogP) is 8.75. The Kier molecular flexibility index (Phi) is 9.23. The molecule has 0 atom stereocenters. The molecule has 0 radical (unpaired) electrons. The summed E-state index contributed by atoms with van der Waals surface area (Å²) in [5.74, 6) is -0.133. The molecule has 3 aromatic carbocycles. The summed E-state index contributed by atoms with van der Waals surface area (Å²) in [6, 6.07) is 18.2. The lowest BCUT2D eigenvalue weighted by Crippen LogP contribution is -2.21. The van der Waals surface area contributed by atoms with Gasteiger partial charge in [0.05, 0.1) is 28.3 Å². The van der Waals surface area contributed by atoms with Crippen LogP contribution in [0, 0.1) is 6.92 Å². The third-order valence-corrected chi connectivity index (χ3v) is 5.75. The zero-order valence-corrected chi connectivity index (χ0v) is 20.9. The van der Waals surface area contributed by atoms with Crippen LogP contribution in [0.4, 0.5) is 28.4 Å². The summed E-state index contributed by atoms with van der Waals surface area (Å²) in [5, 5.41) is 27.3. The van der Waals surface area contributed by atoms with Crippen molar-refractivity contribution in [1.29, 1.82) is 0 Å². The quantitative estimate of drug-likeness (QED) is 0.224. The number of unbranched alkanes of at least 4 members (excludes halogenated alkanes) is 1. The Bertz CT molecular complexity index is 1200. The monoisotopic (exact) mass is 471 g/mol. The number of rotatable bonds is 11. The van der Waals surface area contributed by atoms with Crippen LogP contribution in [-0.2, 0) is 0 Å². The third-order valence-electron chi connectivity index (χ3n) is 5.75. The van der Waals surface area contributed by atoms with E-state index in [1.165, 1.54) is 11.8 Å². The Hall–Kier alpha value is -3.87. The molecular weight excluding hydrogens is 438 g/mol. The van der Waals surface area contributed by atoms with Gasteiger partial charge in [-0.1, -0.05) is 13.3 Å². The molecule has 0 bridgehead atoms. The molecule has 0 aliphatic rings. The normalized spacial score (nSPS) is 11.4. The van der Waals surface area contributed by atoms with Gasteiger partial charge in [0, 0.05) is 31.3 Å². The molecule has 3 rings (SSSR count). The zero-order valence-electron chi connectivity index (χ0n) is 20.9. The van der Waals surface area contributed by atoms with Crippen LogP contribution in [0.25, 0.3) is 0 Å². The standard InChI is InChI=1S/C28H33N5O2/c1-5-8-9-27(34)25-16-14-23(19-28(25)35)31-29-21-10-12-22(13-11-21)30-32-26-17-15-24(18-20(26)4)33(6-2)7-3/h10-19,35H,5-9H2,1-4H3/b31-29+,32-30+. The van der Waals surface area contributed by atoms with Crippen molar-refractivity contribution in [2.45, 2.75) is 47.0 Å². The van der Waals surface area contributed by atoms with Crippen molar-refractivity contribution < 1.29 is 9.90 Å². The van der Waals surface area contributed by atoms with Crippen molar-refractivity contribution in [2.24, 2.45) is 20.5 Å². The van der Waals surface area contributed by atoms with Gasteiger partial charge in [-0.2, -0.15) is 20.5 Å². The van der Waals surface area contributed by atoms with E-state index in [-0.39, 0.29) is 11.5 Å². The molecular formula is C28H33N5O2. The lowest BCUT2D eigenvalue weighted by Gasteiger charge is -2.21. The highest BCUT2D eigenvalue weighted by Gasteiger charge is 2.11. The molecule has 0 aliphatic carbocycles. The Labute approximate surface area is 207 Å². The number of hydrogen-bond acceptors (Lipinski definition) is 7. The number of Topliss-reactive ketones (excluding diaryl/α,β-unsaturated/α-hetero) is 1. The van der Waals surface area contributed by atoms with Gasteiger partial charge in [-0.15, -0.1) is 0 Å². The Morgan fingerprint density at radius 3 is 1.97 bits per heavy atom. The molecule has 0 fully saturated rings. The van der Waals surface area contributed by atoms with E-state index in [1.807, 2.05) is 32.0 Å². The summed E-state index contributed by atoms with van der Waals surface area (Å²) < 4.78 is 0. The van der Waals surface area contributed by atoms with Crippen molar-refractivity contribution >= 4 is 34.2 Å². The molecule has 0 spiro atoms. The van der Waals surface area contributed by atoms with E-state index >= 15 is 0 Å². The van der Waals surface area contributed by atoms with Crippen LogP contribution >= 0.6 is 0 Å². The lowest BCUT2D eigenvalue weighted by atomic mass is 10.0. The van der Waals surface area contributed by atoms with Crippen LogP contribution < -0.4 is 4.90 Å². The van der Waals surface area contributed by atoms with Gasteiger partial charge >= 0.3 is 0 Å². The van der Waals surface area contributed by atoms with Gasteiger partial charge in [-0.3, -0.25) is 4.79 Å². The van der Waals surface area contributed by atoms with Gasteiger partial charge in [0.15, 0.2) is 5.78 Å². The minimum Gasteiger partial charge on any atom is -0.507 e. The highest BCUT2D eigenvalue weighted by atomic mass is 16.3. The Morgan fingerprint density at radius 1 is 0.800 bits per heavy atom. The van der Waals surface area contributed by atoms with Crippen molar-refractivity contribution in [3.63, 3.8) is 0 Å². The number of aromatic hydroxyl groups is 1. The lowest BCUT2D eigenvalue weighted by molar-refractivity contribution is 0.0977. The molecule has 7 heteroatoms. The van der Waals surface area contributed by atoms with Crippen molar-refractivity contribution in [1.82, 2.24) is 0 Å². The first-order valence-corrected chi connectivity index (χ1v) is 12.1. The number of nitrogens with zero attached hydrogens (tertiary/aromatic N) is 5. The van der Waals surface area contributed by atoms with Gasteiger partial charge in [0.25, 0.3) is 0 Å². The molecule has 0 saturated carbocycles. The largest absolute Gasteiger partial charge is 0.507 e. The molecule has 35 heavy (non-hydrogen) atoms. The second-order valence-electron chi connectivity index (χ2n) is 8.29. The number of carbonyl (C=O) groups is 1. The summed E-state index contributed by atoms with van der Waals surface area (Å²) in [6.07, 6.45) is 2.16. The number of carbonyl (C=O) groups excluding carboxylic acids is 1. The van der Waals surface area contributed by atoms with Crippen molar-refractivity contribution in [3.05, 3.63) is 71.8 Å². The zero-order chi connectivity index (χ0) is 25.2. The Balaban J connectivity index is 1.65. The van der Waals surface area contributed by atoms with Crippen molar-refractivity contribution in [3.8, 4) is 5.75 Å². The smallest absolute Gasteiger partial charge is 0.166 e. The maximum atomic E-state index is 12.1. The minimum absolute atomic E-state index is 0.0624.